The van der Waals surface area contributed by atoms with Crippen molar-refractivity contribution in [3.63, 3.8) is 0 Å². The highest BCUT2D eigenvalue weighted by molar-refractivity contribution is 5.14. The number of benzene rings is 1. The van der Waals surface area contributed by atoms with E-state index in [1.54, 1.807) is 0 Å². The minimum atomic E-state index is 0.274. The number of hydrogen-bond acceptors (Lipinski definition) is 2. The standard InChI is InChI=1S/C16H28N2/c1-13(2)10-16(17)12-18(14(3)4)11-15-8-6-5-7-9-15/h5-9,13-14,16H,10-12,17H2,1-4H3/t16-/m0/s1. The Bertz CT molecular complexity index is 319. The molecule has 0 saturated carbocycles. The molecule has 0 aromatic heterocycles. The van der Waals surface area contributed by atoms with Crippen LogP contribution in [0.4, 0.5) is 0 Å². The van der Waals surface area contributed by atoms with E-state index in [1.807, 2.05) is 0 Å². The normalized spacial score (nSPS) is 13.6. The molecule has 0 heterocycles. The minimum absolute atomic E-state index is 0.274. The molecule has 0 fully saturated rings. The third-order valence-corrected chi connectivity index (χ3v) is 3.20. The van der Waals surface area contributed by atoms with Gasteiger partial charge in [0, 0.05) is 25.2 Å². The zero-order valence-corrected chi connectivity index (χ0v) is 12.3. The molecule has 2 heteroatoms. The lowest BCUT2D eigenvalue weighted by molar-refractivity contribution is 0.192. The van der Waals surface area contributed by atoms with Crippen LogP contribution in [0.25, 0.3) is 0 Å². The van der Waals surface area contributed by atoms with Gasteiger partial charge in [-0.25, -0.2) is 0 Å². The molecule has 2 nitrogen and oxygen atoms in total. The zero-order chi connectivity index (χ0) is 13.5. The van der Waals surface area contributed by atoms with Crippen LogP contribution in [0.15, 0.2) is 30.3 Å². The van der Waals surface area contributed by atoms with Crippen LogP contribution in [-0.2, 0) is 6.54 Å². The Kier molecular flexibility index (Phi) is 6.37. The van der Waals surface area contributed by atoms with Crippen molar-refractivity contribution >= 4 is 0 Å². The van der Waals surface area contributed by atoms with Gasteiger partial charge in [-0.15, -0.1) is 0 Å². The van der Waals surface area contributed by atoms with Crippen molar-refractivity contribution in [2.45, 2.75) is 52.7 Å². The molecule has 102 valence electrons. The number of nitrogens with zero attached hydrogens (tertiary/aromatic N) is 1. The molecule has 0 aliphatic heterocycles. The summed E-state index contributed by atoms with van der Waals surface area (Å²) in [5.41, 5.74) is 7.59. The second kappa shape index (κ2) is 7.55. The van der Waals surface area contributed by atoms with Gasteiger partial charge in [0.2, 0.25) is 0 Å². The summed E-state index contributed by atoms with van der Waals surface area (Å²) in [5, 5.41) is 0. The maximum Gasteiger partial charge on any atom is 0.0237 e. The summed E-state index contributed by atoms with van der Waals surface area (Å²) in [7, 11) is 0. The van der Waals surface area contributed by atoms with Gasteiger partial charge < -0.3 is 5.73 Å². The summed E-state index contributed by atoms with van der Waals surface area (Å²) >= 11 is 0. The van der Waals surface area contributed by atoms with Crippen LogP contribution in [0.5, 0.6) is 0 Å². The highest BCUT2D eigenvalue weighted by Gasteiger charge is 2.15. The predicted octanol–water partition coefficient (Wildman–Crippen LogP) is 3.27. The van der Waals surface area contributed by atoms with Gasteiger partial charge in [-0.05, 0) is 31.7 Å². The van der Waals surface area contributed by atoms with Crippen LogP contribution in [0.2, 0.25) is 0 Å². The summed E-state index contributed by atoms with van der Waals surface area (Å²) in [6.45, 7) is 10.9. The Hall–Kier alpha value is -0.860. The van der Waals surface area contributed by atoms with Crippen LogP contribution < -0.4 is 5.73 Å². The molecular formula is C16H28N2. The molecule has 1 rings (SSSR count). The Labute approximate surface area is 112 Å². The first kappa shape index (κ1) is 15.2. The Morgan fingerprint density at radius 2 is 1.67 bits per heavy atom. The molecule has 1 aromatic rings. The highest BCUT2D eigenvalue weighted by Crippen LogP contribution is 2.11. The van der Waals surface area contributed by atoms with E-state index in [-0.39, 0.29) is 6.04 Å². The quantitative estimate of drug-likeness (QED) is 0.802. The van der Waals surface area contributed by atoms with E-state index in [1.165, 1.54) is 5.56 Å². The molecule has 0 bridgehead atoms. The molecule has 0 aliphatic carbocycles. The smallest absolute Gasteiger partial charge is 0.0237 e. The number of hydrogen-bond donors (Lipinski definition) is 1. The van der Waals surface area contributed by atoms with Gasteiger partial charge in [0.25, 0.3) is 0 Å². The maximum atomic E-state index is 6.23. The van der Waals surface area contributed by atoms with Crippen LogP contribution in [-0.4, -0.2) is 23.5 Å². The monoisotopic (exact) mass is 248 g/mol. The van der Waals surface area contributed by atoms with E-state index < -0.39 is 0 Å². The number of rotatable bonds is 7. The average Bonchev–Trinajstić information content (AvgIpc) is 2.28. The Morgan fingerprint density at radius 1 is 1.06 bits per heavy atom. The second-order valence-corrected chi connectivity index (χ2v) is 5.90. The lowest BCUT2D eigenvalue weighted by Crippen LogP contribution is -2.41. The van der Waals surface area contributed by atoms with Crippen LogP contribution in [0.3, 0.4) is 0 Å². The second-order valence-electron chi connectivity index (χ2n) is 5.90. The van der Waals surface area contributed by atoms with Gasteiger partial charge in [0.15, 0.2) is 0 Å². The Balaban J connectivity index is 2.55. The van der Waals surface area contributed by atoms with Gasteiger partial charge in [-0.1, -0.05) is 44.2 Å². The van der Waals surface area contributed by atoms with E-state index in [9.17, 15) is 0 Å². The van der Waals surface area contributed by atoms with Crippen molar-refractivity contribution in [3.05, 3.63) is 35.9 Å². The molecule has 1 atom stereocenters. The van der Waals surface area contributed by atoms with Crippen LogP contribution in [0, 0.1) is 5.92 Å². The fourth-order valence-electron chi connectivity index (χ4n) is 2.26. The van der Waals surface area contributed by atoms with Crippen LogP contribution >= 0.6 is 0 Å². The van der Waals surface area contributed by atoms with E-state index in [0.717, 1.165) is 19.5 Å². The first-order valence-electron chi connectivity index (χ1n) is 7.02. The van der Waals surface area contributed by atoms with Crippen molar-refractivity contribution in [3.8, 4) is 0 Å². The third-order valence-electron chi connectivity index (χ3n) is 3.20. The molecule has 0 aliphatic rings. The highest BCUT2D eigenvalue weighted by atomic mass is 15.2. The maximum absolute atomic E-state index is 6.23. The molecule has 0 unspecified atom stereocenters. The first-order valence-corrected chi connectivity index (χ1v) is 7.02. The van der Waals surface area contributed by atoms with Crippen LogP contribution in [0.1, 0.15) is 39.7 Å². The van der Waals surface area contributed by atoms with Gasteiger partial charge in [0.1, 0.15) is 0 Å². The fourth-order valence-corrected chi connectivity index (χ4v) is 2.26. The summed E-state index contributed by atoms with van der Waals surface area (Å²) in [6.07, 6.45) is 1.10. The van der Waals surface area contributed by atoms with E-state index >= 15 is 0 Å². The van der Waals surface area contributed by atoms with Crippen molar-refractivity contribution < 1.29 is 0 Å². The fraction of sp³-hybridized carbons (Fsp3) is 0.625. The summed E-state index contributed by atoms with van der Waals surface area (Å²) < 4.78 is 0. The average molecular weight is 248 g/mol. The molecule has 2 N–H and O–H groups in total. The molecule has 0 radical (unpaired) electrons. The van der Waals surface area contributed by atoms with Gasteiger partial charge in [0.05, 0.1) is 0 Å². The molecular weight excluding hydrogens is 220 g/mol. The molecule has 1 aromatic carbocycles. The summed E-state index contributed by atoms with van der Waals surface area (Å²) in [6, 6.07) is 11.4. The van der Waals surface area contributed by atoms with E-state index in [0.29, 0.717) is 12.0 Å². The van der Waals surface area contributed by atoms with E-state index in [2.05, 4.69) is 62.9 Å². The largest absolute Gasteiger partial charge is 0.327 e. The number of nitrogens with two attached hydrogens (primary N) is 1. The van der Waals surface area contributed by atoms with Gasteiger partial charge in [-0.3, -0.25) is 4.90 Å². The van der Waals surface area contributed by atoms with Crippen molar-refractivity contribution in [1.82, 2.24) is 4.90 Å². The SMILES string of the molecule is CC(C)C[C@H](N)CN(Cc1ccccc1)C(C)C. The van der Waals surface area contributed by atoms with Crippen molar-refractivity contribution in [1.29, 1.82) is 0 Å². The van der Waals surface area contributed by atoms with Gasteiger partial charge in [-0.2, -0.15) is 0 Å². The molecule has 0 spiro atoms. The predicted molar refractivity (Wildman–Crippen MR) is 79.4 cm³/mol. The lowest BCUT2D eigenvalue weighted by atomic mass is 10.0. The van der Waals surface area contributed by atoms with Crippen molar-refractivity contribution in [2.75, 3.05) is 6.54 Å². The van der Waals surface area contributed by atoms with Gasteiger partial charge >= 0.3 is 0 Å². The minimum Gasteiger partial charge on any atom is -0.327 e. The summed E-state index contributed by atoms with van der Waals surface area (Å²) in [4.78, 5) is 2.46. The molecule has 0 saturated heterocycles. The Morgan fingerprint density at radius 3 is 2.17 bits per heavy atom. The topological polar surface area (TPSA) is 29.3 Å². The zero-order valence-electron chi connectivity index (χ0n) is 12.3. The lowest BCUT2D eigenvalue weighted by Gasteiger charge is -2.30. The summed E-state index contributed by atoms with van der Waals surface area (Å²) in [5.74, 6) is 0.672. The van der Waals surface area contributed by atoms with Crippen molar-refractivity contribution in [2.24, 2.45) is 11.7 Å². The third kappa shape index (κ3) is 5.65. The molecule has 0 amide bonds. The molecule has 18 heavy (non-hydrogen) atoms. The first-order chi connectivity index (χ1) is 8.49. The van der Waals surface area contributed by atoms with E-state index in [4.69, 9.17) is 5.73 Å².